The highest BCUT2D eigenvalue weighted by Gasteiger charge is 2.30. The van der Waals surface area contributed by atoms with Crippen LogP contribution in [0.5, 0.6) is 0 Å². The Morgan fingerprint density at radius 2 is 1.79 bits per heavy atom. The van der Waals surface area contributed by atoms with Crippen molar-refractivity contribution in [2.24, 2.45) is 5.92 Å². The van der Waals surface area contributed by atoms with Crippen LogP contribution in [0.3, 0.4) is 0 Å². The number of sulfonamides is 1. The first kappa shape index (κ1) is 18.9. The van der Waals surface area contributed by atoms with E-state index in [1.165, 1.54) is 9.87 Å². The van der Waals surface area contributed by atoms with E-state index in [0.717, 1.165) is 12.0 Å². The van der Waals surface area contributed by atoms with Crippen LogP contribution < -0.4 is 5.32 Å². The summed E-state index contributed by atoms with van der Waals surface area (Å²) in [5.74, 6) is 0.0376. The lowest BCUT2D eigenvalue weighted by molar-refractivity contribution is -0.126. The van der Waals surface area contributed by atoms with E-state index >= 15 is 0 Å². The van der Waals surface area contributed by atoms with Crippen molar-refractivity contribution < 1.29 is 13.2 Å². The molecular weight excluding hydrogens is 324 g/mol. The minimum Gasteiger partial charge on any atom is -0.349 e. The highest BCUT2D eigenvalue weighted by atomic mass is 32.2. The monoisotopic (exact) mass is 352 g/mol. The summed E-state index contributed by atoms with van der Waals surface area (Å²) in [5, 5.41) is 3.06. The van der Waals surface area contributed by atoms with E-state index in [0.29, 0.717) is 25.9 Å². The Morgan fingerprint density at radius 1 is 1.21 bits per heavy atom. The second kappa shape index (κ2) is 8.12. The van der Waals surface area contributed by atoms with Crippen LogP contribution >= 0.6 is 0 Å². The molecule has 6 heteroatoms. The molecule has 1 aliphatic heterocycles. The first-order valence-electron chi connectivity index (χ1n) is 8.74. The lowest BCUT2D eigenvalue weighted by atomic mass is 9.96. The molecule has 0 radical (unpaired) electrons. The van der Waals surface area contributed by atoms with Gasteiger partial charge in [-0.05, 0) is 44.2 Å². The molecule has 1 amide bonds. The highest BCUT2D eigenvalue weighted by molar-refractivity contribution is 7.89. The van der Waals surface area contributed by atoms with Crippen molar-refractivity contribution in [3.63, 3.8) is 0 Å². The van der Waals surface area contributed by atoms with Crippen LogP contribution in [0.1, 0.15) is 50.8 Å². The van der Waals surface area contributed by atoms with Crippen LogP contribution in [0.15, 0.2) is 24.3 Å². The zero-order chi connectivity index (χ0) is 17.7. The normalized spacial score (nSPS) is 18.3. The topological polar surface area (TPSA) is 66.5 Å². The van der Waals surface area contributed by atoms with Gasteiger partial charge in [0.2, 0.25) is 15.9 Å². The van der Waals surface area contributed by atoms with Gasteiger partial charge in [-0.1, -0.05) is 31.2 Å². The second-order valence-electron chi connectivity index (χ2n) is 6.40. The van der Waals surface area contributed by atoms with Crippen molar-refractivity contribution in [1.29, 1.82) is 0 Å². The van der Waals surface area contributed by atoms with Gasteiger partial charge in [0.1, 0.15) is 0 Å². The molecule has 0 aliphatic carbocycles. The number of amides is 1. The summed E-state index contributed by atoms with van der Waals surface area (Å²) < 4.78 is 25.2. The molecule has 134 valence electrons. The van der Waals surface area contributed by atoms with Gasteiger partial charge in [-0.2, -0.15) is 0 Å². The maximum Gasteiger partial charge on any atom is 0.223 e. The maximum absolute atomic E-state index is 12.5. The number of aryl methyl sites for hydroxylation is 1. The molecule has 1 atom stereocenters. The van der Waals surface area contributed by atoms with Crippen molar-refractivity contribution >= 4 is 15.9 Å². The van der Waals surface area contributed by atoms with Crippen molar-refractivity contribution in [2.75, 3.05) is 18.8 Å². The molecule has 1 aromatic rings. The molecule has 0 spiro atoms. The van der Waals surface area contributed by atoms with Crippen molar-refractivity contribution in [3.8, 4) is 0 Å². The first-order chi connectivity index (χ1) is 11.4. The smallest absolute Gasteiger partial charge is 0.223 e. The Kier molecular flexibility index (Phi) is 6.40. The number of hydrogen-bond acceptors (Lipinski definition) is 3. The summed E-state index contributed by atoms with van der Waals surface area (Å²) in [6.07, 6.45) is 2.18. The van der Waals surface area contributed by atoms with Crippen molar-refractivity contribution in [1.82, 2.24) is 9.62 Å². The fourth-order valence-electron chi connectivity index (χ4n) is 3.04. The molecule has 1 heterocycles. The van der Waals surface area contributed by atoms with Crippen molar-refractivity contribution in [3.05, 3.63) is 35.4 Å². The molecule has 1 aromatic carbocycles. The molecule has 0 unspecified atom stereocenters. The lowest BCUT2D eigenvalue weighted by Gasteiger charge is -2.31. The van der Waals surface area contributed by atoms with Crippen LogP contribution in [0.4, 0.5) is 0 Å². The second-order valence-corrected chi connectivity index (χ2v) is 8.66. The van der Waals surface area contributed by atoms with E-state index in [9.17, 15) is 13.2 Å². The number of nitrogens with one attached hydrogen (secondary N) is 1. The number of piperidine rings is 1. The van der Waals surface area contributed by atoms with Crippen LogP contribution in [0.2, 0.25) is 0 Å². The van der Waals surface area contributed by atoms with Gasteiger partial charge in [-0.15, -0.1) is 0 Å². The third-order valence-corrected chi connectivity index (χ3v) is 6.71. The molecule has 0 saturated carbocycles. The van der Waals surface area contributed by atoms with E-state index in [4.69, 9.17) is 0 Å². The standard InChI is InChI=1S/C18H28N2O3S/c1-4-15-6-8-16(9-7-15)14(3)19-18(21)17-10-12-20(13-11-17)24(22,23)5-2/h6-9,14,17H,4-5,10-13H2,1-3H3,(H,19,21)/t14-/m0/s1. The molecule has 1 N–H and O–H groups in total. The summed E-state index contributed by atoms with van der Waals surface area (Å²) >= 11 is 0. The van der Waals surface area contributed by atoms with E-state index < -0.39 is 10.0 Å². The maximum atomic E-state index is 12.5. The predicted octanol–water partition coefficient (Wildman–Crippen LogP) is 2.49. The van der Waals surface area contributed by atoms with Crippen LogP contribution in [-0.4, -0.2) is 37.5 Å². The minimum atomic E-state index is -3.14. The third kappa shape index (κ3) is 4.57. The molecule has 24 heavy (non-hydrogen) atoms. The van der Waals surface area contributed by atoms with Crippen LogP contribution in [0, 0.1) is 5.92 Å². The zero-order valence-electron chi connectivity index (χ0n) is 14.8. The average molecular weight is 353 g/mol. The summed E-state index contributed by atoms with van der Waals surface area (Å²) in [5.41, 5.74) is 2.37. The lowest BCUT2D eigenvalue weighted by Crippen LogP contribution is -2.43. The van der Waals surface area contributed by atoms with E-state index in [1.807, 2.05) is 6.92 Å². The summed E-state index contributed by atoms with van der Waals surface area (Å²) in [7, 11) is -3.14. The quantitative estimate of drug-likeness (QED) is 0.855. The van der Waals surface area contributed by atoms with Gasteiger partial charge in [0.15, 0.2) is 0 Å². The molecule has 5 nitrogen and oxygen atoms in total. The first-order valence-corrected chi connectivity index (χ1v) is 10.3. The van der Waals surface area contributed by atoms with Gasteiger partial charge in [0.05, 0.1) is 11.8 Å². The molecule has 0 aromatic heterocycles. The average Bonchev–Trinajstić information content (AvgIpc) is 2.61. The van der Waals surface area contributed by atoms with Gasteiger partial charge in [-0.25, -0.2) is 12.7 Å². The number of rotatable bonds is 6. The Morgan fingerprint density at radius 3 is 2.29 bits per heavy atom. The SMILES string of the molecule is CCc1ccc([C@H](C)NC(=O)C2CCN(S(=O)(=O)CC)CC2)cc1. The zero-order valence-corrected chi connectivity index (χ0v) is 15.6. The number of nitrogens with zero attached hydrogens (tertiary/aromatic N) is 1. The van der Waals surface area contributed by atoms with Crippen LogP contribution in [-0.2, 0) is 21.2 Å². The molecule has 1 fully saturated rings. The van der Waals surface area contributed by atoms with E-state index in [2.05, 4.69) is 36.5 Å². The fourth-order valence-corrected chi connectivity index (χ4v) is 4.17. The molecule has 0 bridgehead atoms. The van der Waals surface area contributed by atoms with Gasteiger partial charge >= 0.3 is 0 Å². The third-order valence-electron chi connectivity index (χ3n) is 4.83. The Bertz CT molecular complexity index is 647. The van der Waals surface area contributed by atoms with Gasteiger partial charge < -0.3 is 5.32 Å². The summed E-state index contributed by atoms with van der Waals surface area (Å²) in [6, 6.07) is 8.25. The molecule has 1 aliphatic rings. The van der Waals surface area contributed by atoms with Crippen molar-refractivity contribution in [2.45, 2.75) is 46.1 Å². The Balaban J connectivity index is 1.89. The number of carbonyl (C=O) groups is 1. The predicted molar refractivity (Wildman–Crippen MR) is 96.1 cm³/mol. The highest BCUT2D eigenvalue weighted by Crippen LogP contribution is 2.22. The largest absolute Gasteiger partial charge is 0.349 e. The molecular formula is C18H28N2O3S. The number of carbonyl (C=O) groups excluding carboxylic acids is 1. The number of hydrogen-bond donors (Lipinski definition) is 1. The summed E-state index contributed by atoms with van der Waals surface area (Å²) in [6.45, 7) is 6.63. The van der Waals surface area contributed by atoms with Gasteiger partial charge in [-0.3, -0.25) is 4.79 Å². The number of benzene rings is 1. The minimum absolute atomic E-state index is 0.0237. The Hall–Kier alpha value is -1.40. The molecule has 2 rings (SSSR count). The van der Waals surface area contributed by atoms with Gasteiger partial charge in [0.25, 0.3) is 0 Å². The van der Waals surface area contributed by atoms with Gasteiger partial charge in [0, 0.05) is 19.0 Å². The summed E-state index contributed by atoms with van der Waals surface area (Å²) in [4.78, 5) is 12.5. The fraction of sp³-hybridized carbons (Fsp3) is 0.611. The molecule has 1 saturated heterocycles. The Labute approximate surface area is 145 Å². The van der Waals surface area contributed by atoms with E-state index in [1.54, 1.807) is 6.92 Å². The van der Waals surface area contributed by atoms with Crippen LogP contribution in [0.25, 0.3) is 0 Å². The van der Waals surface area contributed by atoms with E-state index in [-0.39, 0.29) is 23.6 Å².